The Hall–Kier alpha value is -6.87. The number of aromatic nitrogens is 8. The quantitative estimate of drug-likeness (QED) is 0.177. The minimum Gasteiger partial charge on any atom is -0.497 e. The fourth-order valence-electron chi connectivity index (χ4n) is 6.44. The lowest BCUT2D eigenvalue weighted by Gasteiger charge is -2.11. The molecule has 0 unspecified atom stereocenters. The summed E-state index contributed by atoms with van der Waals surface area (Å²) in [6.07, 6.45) is 0. The molecule has 0 aliphatic carbocycles. The van der Waals surface area contributed by atoms with Gasteiger partial charge in [-0.25, -0.2) is 19.3 Å². The van der Waals surface area contributed by atoms with Gasteiger partial charge in [-0.1, -0.05) is 127 Å². The van der Waals surface area contributed by atoms with Gasteiger partial charge in [0.25, 0.3) is 0 Å². The molecule has 0 amide bonds. The Morgan fingerprint density at radius 2 is 1.34 bits per heavy atom. The highest BCUT2D eigenvalue weighted by molar-refractivity contribution is 6.04. The fourth-order valence-corrected chi connectivity index (χ4v) is 6.44. The SMILES string of the molecule is COc1ccc2[nH]c(-c3nc(-n4nc(-c5ccccc5)cc4-c4ccccc4)c4nnn(Cc5ccccc5)c4n3)c(-c3ccccc3)c2c1. The van der Waals surface area contributed by atoms with Crippen LogP contribution in [0.4, 0.5) is 0 Å². The van der Waals surface area contributed by atoms with Crippen LogP contribution < -0.4 is 4.74 Å². The van der Waals surface area contributed by atoms with E-state index < -0.39 is 0 Å². The number of rotatable bonds is 8. The highest BCUT2D eigenvalue weighted by Gasteiger charge is 2.25. The topological polar surface area (TPSA) is 99.3 Å². The number of ether oxygens (including phenoxy) is 1. The highest BCUT2D eigenvalue weighted by atomic mass is 16.5. The van der Waals surface area contributed by atoms with Crippen molar-refractivity contribution >= 4 is 22.1 Å². The average Bonchev–Trinajstić information content (AvgIpc) is 3.91. The summed E-state index contributed by atoms with van der Waals surface area (Å²) in [5.41, 5.74) is 9.62. The number of benzene rings is 5. The van der Waals surface area contributed by atoms with Crippen LogP contribution in [0, 0.1) is 0 Å². The maximum absolute atomic E-state index is 5.64. The van der Waals surface area contributed by atoms with Gasteiger partial charge in [-0.05, 0) is 35.4 Å². The van der Waals surface area contributed by atoms with Crippen LogP contribution in [0.2, 0.25) is 0 Å². The van der Waals surface area contributed by atoms with E-state index in [1.807, 2.05) is 100 Å². The van der Waals surface area contributed by atoms with Crippen LogP contribution in [0.3, 0.4) is 0 Å². The molecule has 0 aliphatic rings. The van der Waals surface area contributed by atoms with Gasteiger partial charge in [-0.2, -0.15) is 5.10 Å². The van der Waals surface area contributed by atoms with E-state index in [4.69, 9.17) is 19.8 Å². The zero-order chi connectivity index (χ0) is 33.4. The maximum Gasteiger partial charge on any atom is 0.188 e. The largest absolute Gasteiger partial charge is 0.497 e. The molecule has 0 saturated carbocycles. The van der Waals surface area contributed by atoms with Crippen molar-refractivity contribution in [2.45, 2.75) is 6.54 Å². The molecule has 1 N–H and O–H groups in total. The van der Waals surface area contributed by atoms with Gasteiger partial charge in [0.05, 0.1) is 30.7 Å². The molecule has 50 heavy (non-hydrogen) atoms. The van der Waals surface area contributed by atoms with Gasteiger partial charge in [0.2, 0.25) is 0 Å². The summed E-state index contributed by atoms with van der Waals surface area (Å²) >= 11 is 0. The van der Waals surface area contributed by atoms with E-state index in [1.54, 1.807) is 7.11 Å². The van der Waals surface area contributed by atoms with Gasteiger partial charge in [0.1, 0.15) is 5.75 Å². The number of nitrogens with one attached hydrogen (secondary N) is 1. The Morgan fingerprint density at radius 3 is 2.04 bits per heavy atom. The number of nitrogens with zero attached hydrogens (tertiary/aromatic N) is 7. The van der Waals surface area contributed by atoms with Gasteiger partial charge in [0, 0.05) is 27.6 Å². The predicted molar refractivity (Wildman–Crippen MR) is 196 cm³/mol. The van der Waals surface area contributed by atoms with E-state index in [-0.39, 0.29) is 0 Å². The first-order valence-electron chi connectivity index (χ1n) is 16.4. The van der Waals surface area contributed by atoms with Crippen molar-refractivity contribution in [1.82, 2.24) is 39.7 Å². The molecule has 9 aromatic rings. The molecule has 9 heteroatoms. The first kappa shape index (κ1) is 29.3. The van der Waals surface area contributed by atoms with Crippen LogP contribution in [-0.4, -0.2) is 46.8 Å². The van der Waals surface area contributed by atoms with E-state index in [0.29, 0.717) is 29.4 Å². The third-order valence-corrected chi connectivity index (χ3v) is 8.86. The Morgan fingerprint density at radius 1 is 0.680 bits per heavy atom. The Balaban J connectivity index is 1.34. The van der Waals surface area contributed by atoms with Crippen molar-refractivity contribution in [3.63, 3.8) is 0 Å². The maximum atomic E-state index is 5.64. The molecular weight excluding hydrogens is 621 g/mol. The summed E-state index contributed by atoms with van der Waals surface area (Å²) in [6.45, 7) is 0.489. The number of H-pyrrole nitrogens is 1. The van der Waals surface area contributed by atoms with Crippen molar-refractivity contribution in [2.75, 3.05) is 7.11 Å². The van der Waals surface area contributed by atoms with Crippen molar-refractivity contribution in [2.24, 2.45) is 0 Å². The Labute approximate surface area is 287 Å². The van der Waals surface area contributed by atoms with E-state index in [0.717, 1.165) is 61.6 Å². The van der Waals surface area contributed by atoms with Crippen molar-refractivity contribution < 1.29 is 4.74 Å². The molecule has 0 radical (unpaired) electrons. The molecule has 0 spiro atoms. The number of fused-ring (bicyclic) bond motifs is 2. The lowest BCUT2D eigenvalue weighted by atomic mass is 10.0. The average molecular weight is 651 g/mol. The van der Waals surface area contributed by atoms with Crippen LogP contribution in [-0.2, 0) is 6.54 Å². The molecule has 0 atom stereocenters. The van der Waals surface area contributed by atoms with Gasteiger partial charge in [-0.3, -0.25) is 0 Å². The highest BCUT2D eigenvalue weighted by Crippen LogP contribution is 2.40. The normalized spacial score (nSPS) is 11.4. The van der Waals surface area contributed by atoms with Crippen LogP contribution >= 0.6 is 0 Å². The van der Waals surface area contributed by atoms with Crippen LogP contribution in [0.5, 0.6) is 5.75 Å². The first-order valence-corrected chi connectivity index (χ1v) is 16.4. The standard InChI is InChI=1S/C41H30N8O/c1-50-31-22-23-33-32(24-31)36(30-20-12-5-13-21-30)37(42-33)39-43-40-38(45-47-48(40)26-27-14-6-2-7-15-27)41(44-39)49-35(29-18-10-4-11-19-29)25-34(46-49)28-16-8-3-9-17-28/h2-25,42H,26H2,1H3. The second-order valence-corrected chi connectivity index (χ2v) is 12.0. The zero-order valence-corrected chi connectivity index (χ0v) is 27.1. The number of hydrogen-bond donors (Lipinski definition) is 1. The molecule has 4 heterocycles. The van der Waals surface area contributed by atoms with Crippen molar-refractivity contribution in [3.05, 3.63) is 151 Å². The second kappa shape index (κ2) is 12.3. The molecule has 9 rings (SSSR count). The van der Waals surface area contributed by atoms with Crippen LogP contribution in [0.25, 0.3) is 73.0 Å². The molecule has 0 bridgehead atoms. The summed E-state index contributed by atoms with van der Waals surface area (Å²) in [6, 6.07) is 48.9. The van der Waals surface area contributed by atoms with Gasteiger partial charge >= 0.3 is 0 Å². The van der Waals surface area contributed by atoms with Crippen molar-refractivity contribution in [1.29, 1.82) is 0 Å². The Bertz CT molecular complexity index is 2590. The smallest absolute Gasteiger partial charge is 0.188 e. The van der Waals surface area contributed by atoms with E-state index in [2.05, 4.69) is 69.9 Å². The van der Waals surface area contributed by atoms with Gasteiger partial charge < -0.3 is 9.72 Å². The van der Waals surface area contributed by atoms with Crippen LogP contribution in [0.15, 0.2) is 146 Å². The second-order valence-electron chi connectivity index (χ2n) is 12.0. The molecule has 0 saturated heterocycles. The minimum atomic E-state index is 0.489. The molecule has 4 aromatic heterocycles. The predicted octanol–water partition coefficient (Wildman–Crippen LogP) is 8.61. The lowest BCUT2D eigenvalue weighted by molar-refractivity contribution is 0.415. The van der Waals surface area contributed by atoms with Crippen LogP contribution in [0.1, 0.15) is 5.56 Å². The third-order valence-electron chi connectivity index (χ3n) is 8.86. The van der Waals surface area contributed by atoms with E-state index >= 15 is 0 Å². The summed E-state index contributed by atoms with van der Waals surface area (Å²) < 4.78 is 9.35. The lowest BCUT2D eigenvalue weighted by Crippen LogP contribution is -2.08. The number of methoxy groups -OCH3 is 1. The monoisotopic (exact) mass is 650 g/mol. The molecule has 0 aliphatic heterocycles. The van der Waals surface area contributed by atoms with Crippen molar-refractivity contribution in [3.8, 4) is 56.7 Å². The van der Waals surface area contributed by atoms with E-state index in [9.17, 15) is 0 Å². The molecule has 9 nitrogen and oxygen atoms in total. The zero-order valence-electron chi connectivity index (χ0n) is 27.1. The fraction of sp³-hybridized carbons (Fsp3) is 0.0488. The number of aromatic amines is 1. The molecule has 240 valence electrons. The summed E-state index contributed by atoms with van der Waals surface area (Å²) in [5, 5.41) is 15.5. The summed E-state index contributed by atoms with van der Waals surface area (Å²) in [5.74, 6) is 1.79. The van der Waals surface area contributed by atoms with Gasteiger partial charge in [0.15, 0.2) is 22.8 Å². The van der Waals surface area contributed by atoms with Gasteiger partial charge in [-0.15, -0.1) is 5.10 Å². The minimum absolute atomic E-state index is 0.489. The Kier molecular flexibility index (Phi) is 7.20. The summed E-state index contributed by atoms with van der Waals surface area (Å²) in [4.78, 5) is 14.1. The first-order chi connectivity index (χ1) is 24.7. The third kappa shape index (κ3) is 5.18. The molecule has 0 fully saturated rings. The molecular formula is C41H30N8O. The van der Waals surface area contributed by atoms with E-state index in [1.165, 1.54) is 0 Å². The summed E-state index contributed by atoms with van der Waals surface area (Å²) in [7, 11) is 1.68. The number of hydrogen-bond acceptors (Lipinski definition) is 6. The molecule has 5 aromatic carbocycles.